The van der Waals surface area contributed by atoms with Crippen molar-refractivity contribution in [1.29, 1.82) is 0 Å². The maximum Gasteiger partial charge on any atom is 0.236 e. The number of nitrogens with zero attached hydrogens (tertiary/aromatic N) is 5. The van der Waals surface area contributed by atoms with Crippen molar-refractivity contribution in [2.24, 2.45) is 5.92 Å². The molecule has 2 aromatic rings. The van der Waals surface area contributed by atoms with E-state index in [0.717, 1.165) is 13.1 Å². The van der Waals surface area contributed by atoms with Gasteiger partial charge in [-0.25, -0.2) is 4.39 Å². The molecule has 1 fully saturated rings. The van der Waals surface area contributed by atoms with E-state index in [-0.39, 0.29) is 11.7 Å². The number of halogens is 1. The Labute approximate surface area is 177 Å². The number of hydrogen-bond donors (Lipinski definition) is 2. The Kier molecular flexibility index (Phi) is 7.62. The third-order valence-electron chi connectivity index (χ3n) is 5.37. The van der Waals surface area contributed by atoms with Gasteiger partial charge in [0.15, 0.2) is 11.6 Å². The number of nitrogens with two attached hydrogens (primary N) is 1. The lowest BCUT2D eigenvalue weighted by atomic mass is 9.89. The van der Waals surface area contributed by atoms with Crippen LogP contribution in [-0.4, -0.2) is 60.7 Å². The Balaban J connectivity index is 1.84. The fourth-order valence-electron chi connectivity index (χ4n) is 3.68. The van der Waals surface area contributed by atoms with E-state index in [1.165, 1.54) is 45.3 Å². The van der Waals surface area contributed by atoms with Gasteiger partial charge in [-0.05, 0) is 45.0 Å². The SMILES string of the molecule is COc1ccc(N(CCN(C)C)c2nc(N)nc(NCC3CCCCC3)n2)cc1F. The van der Waals surface area contributed by atoms with Crippen LogP contribution in [0.1, 0.15) is 32.1 Å². The number of methoxy groups -OCH3 is 1. The van der Waals surface area contributed by atoms with Gasteiger partial charge in [0.2, 0.25) is 17.8 Å². The van der Waals surface area contributed by atoms with Gasteiger partial charge >= 0.3 is 0 Å². The largest absolute Gasteiger partial charge is 0.494 e. The molecule has 1 aromatic heterocycles. The smallest absolute Gasteiger partial charge is 0.236 e. The molecule has 9 heteroatoms. The van der Waals surface area contributed by atoms with Crippen molar-refractivity contribution < 1.29 is 9.13 Å². The number of likely N-dealkylation sites (N-methyl/N-ethyl adjacent to an activating group) is 1. The number of aromatic nitrogens is 3. The summed E-state index contributed by atoms with van der Waals surface area (Å²) in [7, 11) is 5.40. The zero-order valence-corrected chi connectivity index (χ0v) is 18.1. The molecule has 0 spiro atoms. The predicted molar refractivity (Wildman–Crippen MR) is 118 cm³/mol. The number of nitrogens with one attached hydrogen (secondary N) is 1. The normalized spacial score (nSPS) is 14.7. The van der Waals surface area contributed by atoms with Crippen molar-refractivity contribution in [2.75, 3.05) is 56.8 Å². The van der Waals surface area contributed by atoms with Crippen LogP contribution in [0.4, 0.5) is 27.9 Å². The summed E-state index contributed by atoms with van der Waals surface area (Å²) < 4.78 is 19.4. The molecule has 164 valence electrons. The van der Waals surface area contributed by atoms with Gasteiger partial charge in [0.05, 0.1) is 7.11 Å². The van der Waals surface area contributed by atoms with E-state index in [1.54, 1.807) is 12.1 Å². The van der Waals surface area contributed by atoms with E-state index >= 15 is 0 Å². The highest BCUT2D eigenvalue weighted by Gasteiger charge is 2.18. The topological polar surface area (TPSA) is 92.4 Å². The first-order chi connectivity index (χ1) is 14.5. The number of nitrogen functional groups attached to an aromatic ring is 1. The summed E-state index contributed by atoms with van der Waals surface area (Å²) >= 11 is 0. The van der Waals surface area contributed by atoms with E-state index in [9.17, 15) is 4.39 Å². The molecule has 3 N–H and O–H groups in total. The molecular formula is C21H32FN7O. The second-order valence-electron chi connectivity index (χ2n) is 7.98. The van der Waals surface area contributed by atoms with Crippen molar-refractivity contribution in [3.8, 4) is 5.75 Å². The summed E-state index contributed by atoms with van der Waals surface area (Å²) in [6.07, 6.45) is 6.32. The molecular weight excluding hydrogens is 385 g/mol. The van der Waals surface area contributed by atoms with Gasteiger partial charge in [-0.1, -0.05) is 19.3 Å². The minimum atomic E-state index is -0.442. The van der Waals surface area contributed by atoms with Crippen LogP contribution in [0.2, 0.25) is 0 Å². The molecule has 0 bridgehead atoms. The van der Waals surface area contributed by atoms with Crippen molar-refractivity contribution in [3.63, 3.8) is 0 Å². The first-order valence-corrected chi connectivity index (χ1v) is 10.5. The summed E-state index contributed by atoms with van der Waals surface area (Å²) in [6.45, 7) is 2.10. The highest BCUT2D eigenvalue weighted by atomic mass is 19.1. The Bertz CT molecular complexity index is 827. The highest BCUT2D eigenvalue weighted by Crippen LogP contribution is 2.28. The maximum atomic E-state index is 14.4. The third kappa shape index (κ3) is 5.91. The summed E-state index contributed by atoms with van der Waals surface area (Å²) in [5.74, 6) is 1.35. The van der Waals surface area contributed by atoms with Gasteiger partial charge in [0.25, 0.3) is 0 Å². The zero-order valence-electron chi connectivity index (χ0n) is 18.1. The number of hydrogen-bond acceptors (Lipinski definition) is 8. The molecule has 1 heterocycles. The zero-order chi connectivity index (χ0) is 21.5. The summed E-state index contributed by atoms with van der Waals surface area (Å²) in [6, 6.07) is 4.80. The Morgan fingerprint density at radius 3 is 2.57 bits per heavy atom. The molecule has 0 amide bonds. The third-order valence-corrected chi connectivity index (χ3v) is 5.37. The molecule has 0 atom stereocenters. The van der Waals surface area contributed by atoms with Crippen molar-refractivity contribution in [2.45, 2.75) is 32.1 Å². The van der Waals surface area contributed by atoms with Crippen molar-refractivity contribution >= 4 is 23.5 Å². The fraction of sp³-hybridized carbons (Fsp3) is 0.571. The van der Waals surface area contributed by atoms with Crippen LogP contribution in [0.25, 0.3) is 0 Å². The van der Waals surface area contributed by atoms with E-state index in [4.69, 9.17) is 10.5 Å². The van der Waals surface area contributed by atoms with Gasteiger partial charge in [-0.15, -0.1) is 0 Å². The molecule has 1 aromatic carbocycles. The average Bonchev–Trinajstić information content (AvgIpc) is 2.73. The molecule has 3 rings (SSSR count). The van der Waals surface area contributed by atoms with E-state index in [2.05, 4.69) is 20.3 Å². The summed E-state index contributed by atoms with van der Waals surface area (Å²) in [4.78, 5) is 17.0. The molecule has 30 heavy (non-hydrogen) atoms. The fourth-order valence-corrected chi connectivity index (χ4v) is 3.68. The lowest BCUT2D eigenvalue weighted by Crippen LogP contribution is -2.30. The van der Waals surface area contributed by atoms with Crippen molar-refractivity contribution in [3.05, 3.63) is 24.0 Å². The minimum absolute atomic E-state index is 0.134. The maximum absolute atomic E-state index is 14.4. The van der Waals surface area contributed by atoms with E-state index in [1.807, 2.05) is 23.9 Å². The number of benzene rings is 1. The summed E-state index contributed by atoms with van der Waals surface area (Å²) in [5, 5.41) is 3.32. The van der Waals surface area contributed by atoms with Crippen LogP contribution in [0.3, 0.4) is 0 Å². The molecule has 1 aliphatic carbocycles. The lowest BCUT2D eigenvalue weighted by Gasteiger charge is -2.25. The molecule has 0 radical (unpaired) electrons. The number of ether oxygens (including phenoxy) is 1. The summed E-state index contributed by atoms with van der Waals surface area (Å²) in [5.41, 5.74) is 6.61. The lowest BCUT2D eigenvalue weighted by molar-refractivity contribution is 0.373. The Hall–Kier alpha value is -2.68. The highest BCUT2D eigenvalue weighted by molar-refractivity contribution is 5.60. The Morgan fingerprint density at radius 1 is 1.13 bits per heavy atom. The van der Waals surface area contributed by atoms with Gasteiger partial charge in [0.1, 0.15) is 0 Å². The van der Waals surface area contributed by atoms with Gasteiger partial charge in [-0.3, -0.25) is 0 Å². The van der Waals surface area contributed by atoms with E-state index < -0.39 is 5.82 Å². The average molecular weight is 418 g/mol. The van der Waals surface area contributed by atoms with Gasteiger partial charge in [0, 0.05) is 31.4 Å². The first-order valence-electron chi connectivity index (χ1n) is 10.5. The molecule has 1 aliphatic rings. The second-order valence-corrected chi connectivity index (χ2v) is 7.98. The molecule has 8 nitrogen and oxygen atoms in total. The minimum Gasteiger partial charge on any atom is -0.494 e. The van der Waals surface area contributed by atoms with Crippen LogP contribution in [0.15, 0.2) is 18.2 Å². The molecule has 0 unspecified atom stereocenters. The van der Waals surface area contributed by atoms with Crippen LogP contribution < -0.4 is 20.7 Å². The first kappa shape index (κ1) is 22.0. The van der Waals surface area contributed by atoms with Gasteiger partial charge in [-0.2, -0.15) is 15.0 Å². The predicted octanol–water partition coefficient (Wildman–Crippen LogP) is 3.29. The molecule has 0 aliphatic heterocycles. The quantitative estimate of drug-likeness (QED) is 0.642. The number of anilines is 4. The van der Waals surface area contributed by atoms with Crippen LogP contribution in [0, 0.1) is 11.7 Å². The van der Waals surface area contributed by atoms with E-state index in [0.29, 0.717) is 30.0 Å². The van der Waals surface area contributed by atoms with Crippen LogP contribution in [-0.2, 0) is 0 Å². The molecule has 0 saturated heterocycles. The monoisotopic (exact) mass is 417 g/mol. The second kappa shape index (κ2) is 10.4. The van der Waals surface area contributed by atoms with Crippen molar-refractivity contribution in [1.82, 2.24) is 19.9 Å². The van der Waals surface area contributed by atoms with Crippen LogP contribution in [0.5, 0.6) is 5.75 Å². The number of rotatable bonds is 9. The molecule has 1 saturated carbocycles. The van der Waals surface area contributed by atoms with Gasteiger partial charge < -0.3 is 25.6 Å². The standard InChI is InChI=1S/C21H32FN7O/c1-28(2)11-12-29(16-9-10-18(30-3)17(22)13-16)21-26-19(23)25-20(27-21)24-14-15-7-5-4-6-8-15/h9-10,13,15H,4-8,11-12,14H2,1-3H3,(H3,23,24,25,26,27). The van der Waals surface area contributed by atoms with Crippen LogP contribution >= 0.6 is 0 Å². The Morgan fingerprint density at radius 2 is 1.90 bits per heavy atom.